The van der Waals surface area contributed by atoms with E-state index in [2.05, 4.69) is 31.0 Å². The lowest BCUT2D eigenvalue weighted by atomic mass is 9.84. The molecule has 0 radical (unpaired) electrons. The Morgan fingerprint density at radius 3 is 2.50 bits per heavy atom. The van der Waals surface area contributed by atoms with E-state index in [0.717, 1.165) is 6.54 Å². The van der Waals surface area contributed by atoms with Crippen LogP contribution in [-0.2, 0) is 0 Å². The lowest BCUT2D eigenvalue weighted by Gasteiger charge is -2.46. The minimum atomic E-state index is 0.595. The van der Waals surface area contributed by atoms with Gasteiger partial charge in [-0.3, -0.25) is 0 Å². The Hall–Kier alpha value is -0.0800. The summed E-state index contributed by atoms with van der Waals surface area (Å²) in [5.41, 5.74) is 0.595. The van der Waals surface area contributed by atoms with Crippen LogP contribution in [0.25, 0.3) is 0 Å². The number of likely N-dealkylation sites (tertiary alicyclic amines) is 1. The average Bonchev–Trinajstić information content (AvgIpc) is 1.94. The Kier molecular flexibility index (Phi) is 3.53. The quantitative estimate of drug-likeness (QED) is 0.626. The molecule has 0 amide bonds. The number of nitrogens with zero attached hydrogens (tertiary/aromatic N) is 1. The van der Waals surface area contributed by atoms with Crippen LogP contribution in [0.3, 0.4) is 0 Å². The molecule has 1 saturated heterocycles. The first-order chi connectivity index (χ1) is 5.64. The van der Waals surface area contributed by atoms with Crippen molar-refractivity contribution in [2.75, 3.05) is 32.7 Å². The van der Waals surface area contributed by atoms with Crippen molar-refractivity contribution in [2.24, 2.45) is 5.41 Å². The fourth-order valence-electron chi connectivity index (χ4n) is 1.93. The van der Waals surface area contributed by atoms with E-state index in [9.17, 15) is 0 Å². The number of rotatable bonds is 5. The van der Waals surface area contributed by atoms with Gasteiger partial charge in [0.05, 0.1) is 0 Å². The Morgan fingerprint density at radius 1 is 1.33 bits per heavy atom. The zero-order valence-electron chi connectivity index (χ0n) is 8.69. The molecule has 2 nitrogen and oxygen atoms in total. The molecule has 1 heterocycles. The molecular weight excluding hydrogens is 148 g/mol. The molecule has 0 aromatic carbocycles. The van der Waals surface area contributed by atoms with Gasteiger partial charge >= 0.3 is 0 Å². The van der Waals surface area contributed by atoms with Crippen LogP contribution in [0, 0.1) is 5.41 Å². The Morgan fingerprint density at radius 2 is 2.00 bits per heavy atom. The first-order valence-electron chi connectivity index (χ1n) is 5.07. The monoisotopic (exact) mass is 170 g/mol. The Balaban J connectivity index is 1.90. The van der Waals surface area contributed by atoms with Crippen LogP contribution in [-0.4, -0.2) is 37.6 Å². The molecular formula is C10H22N2. The van der Waals surface area contributed by atoms with Gasteiger partial charge in [0.15, 0.2) is 0 Å². The lowest BCUT2D eigenvalue weighted by molar-refractivity contribution is 0.0306. The van der Waals surface area contributed by atoms with Crippen molar-refractivity contribution in [3.8, 4) is 0 Å². The summed E-state index contributed by atoms with van der Waals surface area (Å²) in [6.45, 7) is 13.0. The van der Waals surface area contributed by atoms with Crippen molar-refractivity contribution in [2.45, 2.75) is 27.2 Å². The van der Waals surface area contributed by atoms with Crippen molar-refractivity contribution in [3.63, 3.8) is 0 Å². The summed E-state index contributed by atoms with van der Waals surface area (Å²) >= 11 is 0. The molecule has 0 bridgehead atoms. The molecule has 1 N–H and O–H groups in total. The second-order valence-electron chi connectivity index (χ2n) is 4.58. The molecule has 72 valence electrons. The zero-order chi connectivity index (χ0) is 9.03. The first kappa shape index (κ1) is 10.0. The fraction of sp³-hybridized carbons (Fsp3) is 1.00. The molecule has 0 spiro atoms. The van der Waals surface area contributed by atoms with Crippen LogP contribution >= 0.6 is 0 Å². The van der Waals surface area contributed by atoms with Crippen molar-refractivity contribution < 1.29 is 0 Å². The van der Waals surface area contributed by atoms with E-state index in [0.29, 0.717) is 5.41 Å². The number of nitrogens with one attached hydrogen (secondary N) is 1. The molecule has 12 heavy (non-hydrogen) atoms. The summed E-state index contributed by atoms with van der Waals surface area (Å²) in [4.78, 5) is 2.54. The van der Waals surface area contributed by atoms with Gasteiger partial charge in [-0.25, -0.2) is 0 Å². The normalized spacial score (nSPS) is 22.2. The van der Waals surface area contributed by atoms with E-state index in [-0.39, 0.29) is 0 Å². The molecule has 0 aromatic rings. The Bertz CT molecular complexity index is 124. The smallest absolute Gasteiger partial charge is 0.00452 e. The van der Waals surface area contributed by atoms with Crippen molar-refractivity contribution >= 4 is 0 Å². The van der Waals surface area contributed by atoms with Gasteiger partial charge in [0.25, 0.3) is 0 Å². The predicted octanol–water partition coefficient (Wildman–Crippen LogP) is 1.33. The van der Waals surface area contributed by atoms with E-state index in [1.165, 1.54) is 32.6 Å². The highest BCUT2D eigenvalue weighted by Crippen LogP contribution is 2.28. The zero-order valence-corrected chi connectivity index (χ0v) is 8.69. The second-order valence-corrected chi connectivity index (χ2v) is 4.58. The van der Waals surface area contributed by atoms with Gasteiger partial charge in [0, 0.05) is 13.1 Å². The second kappa shape index (κ2) is 4.24. The van der Waals surface area contributed by atoms with E-state index in [1.807, 2.05) is 0 Å². The number of hydrogen-bond donors (Lipinski definition) is 1. The average molecular weight is 170 g/mol. The van der Waals surface area contributed by atoms with E-state index < -0.39 is 0 Å². The molecule has 0 aliphatic carbocycles. The molecule has 1 rings (SSSR count). The highest BCUT2D eigenvalue weighted by molar-refractivity contribution is 4.87. The molecule has 0 unspecified atom stereocenters. The Labute approximate surface area is 76.3 Å². The van der Waals surface area contributed by atoms with Gasteiger partial charge in [-0.05, 0) is 31.5 Å². The third kappa shape index (κ3) is 3.11. The van der Waals surface area contributed by atoms with Crippen molar-refractivity contribution in [3.05, 3.63) is 0 Å². The first-order valence-corrected chi connectivity index (χ1v) is 5.07. The molecule has 1 fully saturated rings. The minimum absolute atomic E-state index is 0.595. The van der Waals surface area contributed by atoms with Crippen LogP contribution in [0.15, 0.2) is 0 Å². The fourth-order valence-corrected chi connectivity index (χ4v) is 1.93. The van der Waals surface area contributed by atoms with Crippen LogP contribution in [0.4, 0.5) is 0 Å². The molecule has 0 aromatic heterocycles. The summed E-state index contributed by atoms with van der Waals surface area (Å²) in [5, 5.41) is 3.35. The summed E-state index contributed by atoms with van der Waals surface area (Å²) < 4.78 is 0. The third-order valence-corrected chi connectivity index (χ3v) is 2.38. The highest BCUT2D eigenvalue weighted by Gasteiger charge is 2.32. The largest absolute Gasteiger partial charge is 0.317 e. The predicted molar refractivity (Wildman–Crippen MR) is 53.4 cm³/mol. The van der Waals surface area contributed by atoms with Gasteiger partial charge < -0.3 is 10.2 Å². The van der Waals surface area contributed by atoms with Gasteiger partial charge in [-0.15, -0.1) is 0 Å². The lowest BCUT2D eigenvalue weighted by Crippen LogP contribution is -2.53. The third-order valence-electron chi connectivity index (χ3n) is 2.38. The summed E-state index contributed by atoms with van der Waals surface area (Å²) in [6, 6.07) is 0. The van der Waals surface area contributed by atoms with Crippen LogP contribution in [0.1, 0.15) is 27.2 Å². The van der Waals surface area contributed by atoms with Gasteiger partial charge in [0.2, 0.25) is 0 Å². The maximum atomic E-state index is 3.35. The summed E-state index contributed by atoms with van der Waals surface area (Å²) in [7, 11) is 0. The highest BCUT2D eigenvalue weighted by atomic mass is 15.2. The summed E-state index contributed by atoms with van der Waals surface area (Å²) in [5.74, 6) is 0. The maximum absolute atomic E-state index is 3.35. The van der Waals surface area contributed by atoms with Crippen LogP contribution < -0.4 is 5.32 Å². The van der Waals surface area contributed by atoms with Crippen molar-refractivity contribution in [1.29, 1.82) is 0 Å². The number of hydrogen-bond acceptors (Lipinski definition) is 2. The van der Waals surface area contributed by atoms with Gasteiger partial charge in [-0.2, -0.15) is 0 Å². The molecule has 2 heteroatoms. The maximum Gasteiger partial charge on any atom is 0.00452 e. The van der Waals surface area contributed by atoms with E-state index in [1.54, 1.807) is 0 Å². The summed E-state index contributed by atoms with van der Waals surface area (Å²) in [6.07, 6.45) is 1.30. The van der Waals surface area contributed by atoms with Crippen molar-refractivity contribution in [1.82, 2.24) is 10.2 Å². The van der Waals surface area contributed by atoms with Crippen LogP contribution in [0.2, 0.25) is 0 Å². The molecule has 1 aliphatic heterocycles. The van der Waals surface area contributed by atoms with E-state index in [4.69, 9.17) is 0 Å². The topological polar surface area (TPSA) is 15.3 Å². The molecule has 0 atom stereocenters. The SMILES string of the molecule is CCNCCCN1CC(C)(C)C1. The van der Waals surface area contributed by atoms with E-state index >= 15 is 0 Å². The van der Waals surface area contributed by atoms with Gasteiger partial charge in [-0.1, -0.05) is 20.8 Å². The standard InChI is InChI=1S/C10H22N2/c1-4-11-6-5-7-12-8-10(2,3)9-12/h11H,4-9H2,1-3H3. The minimum Gasteiger partial charge on any atom is -0.317 e. The van der Waals surface area contributed by atoms with Crippen LogP contribution in [0.5, 0.6) is 0 Å². The van der Waals surface area contributed by atoms with Gasteiger partial charge in [0.1, 0.15) is 0 Å². The molecule has 0 saturated carbocycles. The molecule has 1 aliphatic rings.